The first kappa shape index (κ1) is 13.9. The number of hydrogen-bond acceptors (Lipinski definition) is 4. The molecule has 0 aliphatic carbocycles. The van der Waals surface area contributed by atoms with Crippen molar-refractivity contribution in [3.63, 3.8) is 0 Å². The van der Waals surface area contributed by atoms with Crippen LogP contribution in [0.1, 0.15) is 10.4 Å². The summed E-state index contributed by atoms with van der Waals surface area (Å²) in [6, 6.07) is 16.8. The molecule has 0 atom stereocenters. The summed E-state index contributed by atoms with van der Waals surface area (Å²) >= 11 is 0. The Hall–Kier alpha value is -3.02. The molecule has 3 rings (SSSR count). The lowest BCUT2D eigenvalue weighted by Crippen LogP contribution is -2.26. The van der Waals surface area contributed by atoms with Crippen LogP contribution >= 0.6 is 0 Å². The molecule has 0 unspecified atom stereocenters. The Bertz CT molecular complexity index is 780. The fourth-order valence-corrected chi connectivity index (χ4v) is 2.20. The van der Waals surface area contributed by atoms with Gasteiger partial charge in [0.25, 0.3) is 5.91 Å². The fourth-order valence-electron chi connectivity index (χ4n) is 2.20. The number of nitrogens with zero attached hydrogens (tertiary/aromatic N) is 5. The number of aryl methyl sites for hydroxylation is 1. The maximum atomic E-state index is 12.5. The van der Waals surface area contributed by atoms with Crippen molar-refractivity contribution in [1.82, 2.24) is 20.2 Å². The SMILES string of the molecule is CN(C(=O)c1ccc(-c2nnnn2C)cc1)c1ccccc1. The van der Waals surface area contributed by atoms with Crippen molar-refractivity contribution < 1.29 is 4.79 Å². The number of anilines is 1. The number of rotatable bonds is 3. The second-order valence-corrected chi connectivity index (χ2v) is 4.90. The number of tetrazole rings is 1. The number of amides is 1. The van der Waals surface area contributed by atoms with Crippen LogP contribution in [0, 0.1) is 0 Å². The van der Waals surface area contributed by atoms with E-state index in [9.17, 15) is 4.79 Å². The van der Waals surface area contributed by atoms with Gasteiger partial charge in [0.05, 0.1) is 0 Å². The second kappa shape index (κ2) is 5.77. The average molecular weight is 293 g/mol. The highest BCUT2D eigenvalue weighted by Gasteiger charge is 2.14. The summed E-state index contributed by atoms with van der Waals surface area (Å²) in [6.07, 6.45) is 0. The highest BCUT2D eigenvalue weighted by Crippen LogP contribution is 2.18. The van der Waals surface area contributed by atoms with E-state index in [0.717, 1.165) is 11.3 Å². The van der Waals surface area contributed by atoms with Gasteiger partial charge < -0.3 is 4.90 Å². The molecule has 0 fully saturated rings. The van der Waals surface area contributed by atoms with Crippen LogP contribution in [0.15, 0.2) is 54.6 Å². The lowest BCUT2D eigenvalue weighted by atomic mass is 10.1. The zero-order valence-electron chi connectivity index (χ0n) is 12.3. The molecule has 1 amide bonds. The molecule has 6 nitrogen and oxygen atoms in total. The van der Waals surface area contributed by atoms with Crippen LogP contribution in [0.25, 0.3) is 11.4 Å². The average Bonchev–Trinajstić information content (AvgIpc) is 3.00. The van der Waals surface area contributed by atoms with Gasteiger partial charge >= 0.3 is 0 Å². The minimum absolute atomic E-state index is 0.0613. The fraction of sp³-hybridized carbons (Fsp3) is 0.125. The standard InChI is InChI=1S/C16H15N5O/c1-20(14-6-4-3-5-7-14)16(22)13-10-8-12(9-11-13)15-17-18-19-21(15)2/h3-11H,1-2H3. The van der Waals surface area contributed by atoms with Crippen LogP contribution in [0.2, 0.25) is 0 Å². The molecule has 110 valence electrons. The molecule has 0 radical (unpaired) electrons. The van der Waals surface area contributed by atoms with E-state index >= 15 is 0 Å². The van der Waals surface area contributed by atoms with Gasteiger partial charge in [-0.15, -0.1) is 5.10 Å². The van der Waals surface area contributed by atoms with Crippen LogP contribution in [-0.4, -0.2) is 33.2 Å². The van der Waals surface area contributed by atoms with E-state index < -0.39 is 0 Å². The summed E-state index contributed by atoms with van der Waals surface area (Å²) in [5, 5.41) is 11.4. The summed E-state index contributed by atoms with van der Waals surface area (Å²) in [5.74, 6) is 0.601. The van der Waals surface area contributed by atoms with Gasteiger partial charge in [-0.05, 0) is 34.7 Å². The van der Waals surface area contributed by atoms with Crippen molar-refractivity contribution in [2.24, 2.45) is 7.05 Å². The minimum Gasteiger partial charge on any atom is -0.311 e. The lowest BCUT2D eigenvalue weighted by Gasteiger charge is -2.17. The monoisotopic (exact) mass is 293 g/mol. The predicted octanol–water partition coefficient (Wildman–Crippen LogP) is 2.15. The first-order valence-corrected chi connectivity index (χ1v) is 6.83. The molecule has 0 aliphatic rings. The van der Waals surface area contributed by atoms with Gasteiger partial charge in [0.1, 0.15) is 0 Å². The number of hydrogen-bond donors (Lipinski definition) is 0. The van der Waals surface area contributed by atoms with Gasteiger partial charge in [0.2, 0.25) is 0 Å². The maximum Gasteiger partial charge on any atom is 0.258 e. The molecule has 1 heterocycles. The van der Waals surface area contributed by atoms with Crippen molar-refractivity contribution >= 4 is 11.6 Å². The van der Waals surface area contributed by atoms with Crippen molar-refractivity contribution in [3.05, 3.63) is 60.2 Å². The minimum atomic E-state index is -0.0613. The molecule has 0 saturated heterocycles. The molecule has 2 aromatic carbocycles. The van der Waals surface area contributed by atoms with Crippen LogP contribution in [0.5, 0.6) is 0 Å². The maximum absolute atomic E-state index is 12.5. The van der Waals surface area contributed by atoms with E-state index in [-0.39, 0.29) is 5.91 Å². The Kier molecular flexibility index (Phi) is 3.65. The lowest BCUT2D eigenvalue weighted by molar-refractivity contribution is 0.0993. The van der Waals surface area contributed by atoms with Gasteiger partial charge in [0, 0.05) is 30.9 Å². The smallest absolute Gasteiger partial charge is 0.258 e. The summed E-state index contributed by atoms with van der Waals surface area (Å²) in [5.41, 5.74) is 2.34. The molecule has 1 aromatic heterocycles. The topological polar surface area (TPSA) is 63.9 Å². The second-order valence-electron chi connectivity index (χ2n) is 4.90. The molecule has 3 aromatic rings. The zero-order chi connectivity index (χ0) is 15.5. The summed E-state index contributed by atoms with van der Waals surface area (Å²) in [4.78, 5) is 14.1. The van der Waals surface area contributed by atoms with E-state index in [4.69, 9.17) is 0 Å². The Morgan fingerprint density at radius 3 is 2.32 bits per heavy atom. The number of carbonyl (C=O) groups excluding carboxylic acids is 1. The number of para-hydroxylation sites is 1. The molecule has 6 heteroatoms. The van der Waals surface area contributed by atoms with E-state index in [1.165, 1.54) is 0 Å². The Labute approximate surface area is 128 Å². The van der Waals surface area contributed by atoms with Crippen LogP contribution < -0.4 is 4.90 Å². The van der Waals surface area contributed by atoms with E-state index in [1.807, 2.05) is 42.5 Å². The highest BCUT2D eigenvalue weighted by atomic mass is 16.2. The predicted molar refractivity (Wildman–Crippen MR) is 83.4 cm³/mol. The third-order valence-electron chi connectivity index (χ3n) is 3.46. The molecule has 0 bridgehead atoms. The summed E-state index contributed by atoms with van der Waals surface area (Å²) < 4.78 is 1.59. The van der Waals surface area contributed by atoms with Gasteiger partial charge in [-0.2, -0.15) is 0 Å². The van der Waals surface area contributed by atoms with Crippen LogP contribution in [-0.2, 0) is 7.05 Å². The number of carbonyl (C=O) groups is 1. The van der Waals surface area contributed by atoms with Crippen molar-refractivity contribution in [1.29, 1.82) is 0 Å². The largest absolute Gasteiger partial charge is 0.311 e. The van der Waals surface area contributed by atoms with E-state index in [1.54, 1.807) is 35.8 Å². The van der Waals surface area contributed by atoms with Crippen molar-refractivity contribution in [2.75, 3.05) is 11.9 Å². The third-order valence-corrected chi connectivity index (χ3v) is 3.46. The molecular formula is C16H15N5O. The molecule has 0 spiro atoms. The molecule has 0 saturated carbocycles. The first-order chi connectivity index (χ1) is 10.7. The van der Waals surface area contributed by atoms with Gasteiger partial charge in [-0.25, -0.2) is 4.68 Å². The quantitative estimate of drug-likeness (QED) is 0.742. The zero-order valence-corrected chi connectivity index (χ0v) is 12.3. The third kappa shape index (κ3) is 2.58. The Morgan fingerprint density at radius 2 is 1.73 bits per heavy atom. The van der Waals surface area contributed by atoms with Gasteiger partial charge in [-0.1, -0.05) is 30.3 Å². The van der Waals surface area contributed by atoms with Gasteiger partial charge in [0.15, 0.2) is 5.82 Å². The first-order valence-electron chi connectivity index (χ1n) is 6.83. The molecule has 0 N–H and O–H groups in total. The van der Waals surface area contributed by atoms with Crippen LogP contribution in [0.4, 0.5) is 5.69 Å². The number of aromatic nitrogens is 4. The normalized spacial score (nSPS) is 10.5. The molecular weight excluding hydrogens is 278 g/mol. The Morgan fingerprint density at radius 1 is 1.05 bits per heavy atom. The van der Waals surface area contributed by atoms with Crippen molar-refractivity contribution in [2.45, 2.75) is 0 Å². The molecule has 22 heavy (non-hydrogen) atoms. The van der Waals surface area contributed by atoms with Gasteiger partial charge in [-0.3, -0.25) is 4.79 Å². The van der Waals surface area contributed by atoms with Crippen LogP contribution in [0.3, 0.4) is 0 Å². The number of benzene rings is 2. The Balaban J connectivity index is 1.84. The van der Waals surface area contributed by atoms with Crippen molar-refractivity contribution in [3.8, 4) is 11.4 Å². The summed E-state index contributed by atoms with van der Waals surface area (Å²) in [7, 11) is 3.54. The summed E-state index contributed by atoms with van der Waals surface area (Å²) in [6.45, 7) is 0. The highest BCUT2D eigenvalue weighted by molar-refractivity contribution is 6.05. The van der Waals surface area contributed by atoms with E-state index in [2.05, 4.69) is 15.5 Å². The molecule has 0 aliphatic heterocycles. The van der Waals surface area contributed by atoms with E-state index in [0.29, 0.717) is 11.4 Å².